The number of hydrogen-bond acceptors (Lipinski definition) is 3. The summed E-state index contributed by atoms with van der Waals surface area (Å²) in [6.07, 6.45) is 2.91. The maximum Gasteiger partial charge on any atom is 0.224 e. The maximum atomic E-state index is 12.0. The van der Waals surface area contributed by atoms with Crippen LogP contribution in [0.5, 0.6) is 0 Å². The van der Waals surface area contributed by atoms with Crippen molar-refractivity contribution in [2.45, 2.75) is 46.1 Å². The molecule has 0 spiro atoms. The number of rotatable bonds is 5. The SMILES string of the molecule is CCOC1CC(CC(=O)Nc2cc(N)c(C)cc2C)C1. The molecule has 1 saturated carbocycles. The van der Waals surface area contributed by atoms with Gasteiger partial charge in [-0.25, -0.2) is 0 Å². The molecule has 1 amide bonds. The van der Waals surface area contributed by atoms with Gasteiger partial charge in [0.2, 0.25) is 5.91 Å². The molecule has 1 aliphatic carbocycles. The fraction of sp³-hybridized carbons (Fsp3) is 0.562. The molecule has 4 heteroatoms. The number of nitrogen functional groups attached to an aromatic ring is 1. The number of carbonyl (C=O) groups is 1. The first-order valence-electron chi connectivity index (χ1n) is 7.27. The molecule has 3 N–H and O–H groups in total. The van der Waals surface area contributed by atoms with Crippen LogP contribution in [0.25, 0.3) is 0 Å². The predicted octanol–water partition coefficient (Wildman–Crippen LogP) is 3.03. The molecule has 1 aromatic rings. The highest BCUT2D eigenvalue weighted by Crippen LogP contribution is 2.33. The zero-order valence-corrected chi connectivity index (χ0v) is 12.5. The minimum absolute atomic E-state index is 0.0660. The van der Waals surface area contributed by atoms with E-state index in [9.17, 15) is 4.79 Å². The number of hydrogen-bond donors (Lipinski definition) is 2. The van der Waals surface area contributed by atoms with Crippen molar-refractivity contribution in [2.24, 2.45) is 5.92 Å². The summed E-state index contributed by atoms with van der Waals surface area (Å²) in [6.45, 7) is 6.71. The van der Waals surface area contributed by atoms with Gasteiger partial charge in [0.05, 0.1) is 6.10 Å². The van der Waals surface area contributed by atoms with Gasteiger partial charge in [-0.2, -0.15) is 0 Å². The Morgan fingerprint density at radius 3 is 2.70 bits per heavy atom. The van der Waals surface area contributed by atoms with Crippen molar-refractivity contribution >= 4 is 17.3 Å². The Morgan fingerprint density at radius 2 is 2.05 bits per heavy atom. The fourth-order valence-electron chi connectivity index (χ4n) is 2.68. The number of amides is 1. The van der Waals surface area contributed by atoms with Crippen molar-refractivity contribution in [3.05, 3.63) is 23.3 Å². The third-order valence-electron chi connectivity index (χ3n) is 3.96. The molecule has 110 valence electrons. The van der Waals surface area contributed by atoms with Gasteiger partial charge in [0.15, 0.2) is 0 Å². The van der Waals surface area contributed by atoms with E-state index in [0.29, 0.717) is 24.1 Å². The molecule has 0 aromatic heterocycles. The maximum absolute atomic E-state index is 12.0. The highest BCUT2D eigenvalue weighted by Gasteiger charge is 2.31. The van der Waals surface area contributed by atoms with Crippen LogP contribution in [-0.4, -0.2) is 18.6 Å². The molecule has 1 fully saturated rings. The van der Waals surface area contributed by atoms with Crippen molar-refractivity contribution in [1.82, 2.24) is 0 Å². The smallest absolute Gasteiger partial charge is 0.224 e. The Bertz CT molecular complexity index is 493. The van der Waals surface area contributed by atoms with Crippen molar-refractivity contribution in [1.29, 1.82) is 0 Å². The molecule has 0 unspecified atom stereocenters. The third kappa shape index (κ3) is 3.51. The van der Waals surface area contributed by atoms with Gasteiger partial charge >= 0.3 is 0 Å². The minimum Gasteiger partial charge on any atom is -0.398 e. The van der Waals surface area contributed by atoms with Gasteiger partial charge in [-0.1, -0.05) is 6.07 Å². The summed E-state index contributed by atoms with van der Waals surface area (Å²) in [5, 5.41) is 2.96. The van der Waals surface area contributed by atoms with Crippen LogP contribution in [0.4, 0.5) is 11.4 Å². The molecule has 0 saturated heterocycles. The van der Waals surface area contributed by atoms with E-state index in [1.54, 1.807) is 0 Å². The van der Waals surface area contributed by atoms with Gasteiger partial charge in [0.1, 0.15) is 0 Å². The molecule has 2 rings (SSSR count). The summed E-state index contributed by atoms with van der Waals surface area (Å²) in [7, 11) is 0. The highest BCUT2D eigenvalue weighted by molar-refractivity contribution is 5.92. The Labute approximate surface area is 120 Å². The Balaban J connectivity index is 1.85. The molecule has 0 aliphatic heterocycles. The quantitative estimate of drug-likeness (QED) is 0.812. The normalized spacial score (nSPS) is 21.4. The van der Waals surface area contributed by atoms with E-state index >= 15 is 0 Å². The van der Waals surface area contributed by atoms with Crippen LogP contribution in [0.15, 0.2) is 12.1 Å². The summed E-state index contributed by atoms with van der Waals surface area (Å²) in [5.74, 6) is 0.519. The van der Waals surface area contributed by atoms with E-state index in [1.807, 2.05) is 32.9 Å². The summed E-state index contributed by atoms with van der Waals surface area (Å²) >= 11 is 0. The van der Waals surface area contributed by atoms with E-state index in [4.69, 9.17) is 10.5 Å². The monoisotopic (exact) mass is 276 g/mol. The Morgan fingerprint density at radius 1 is 1.35 bits per heavy atom. The summed E-state index contributed by atoms with van der Waals surface area (Å²) < 4.78 is 5.51. The molecular formula is C16H24N2O2. The standard InChI is InChI=1S/C16H24N2O2/c1-4-20-13-6-12(7-13)8-16(19)18-15-9-14(17)10(2)5-11(15)3/h5,9,12-13H,4,6-8,17H2,1-3H3,(H,18,19). The van der Waals surface area contributed by atoms with Gasteiger partial charge < -0.3 is 15.8 Å². The first-order chi connectivity index (χ1) is 9.49. The summed E-state index contributed by atoms with van der Waals surface area (Å²) in [4.78, 5) is 12.0. The number of nitrogens with one attached hydrogen (secondary N) is 1. The second-order valence-corrected chi connectivity index (χ2v) is 5.69. The number of ether oxygens (including phenoxy) is 1. The van der Waals surface area contributed by atoms with Crippen molar-refractivity contribution in [3.8, 4) is 0 Å². The first kappa shape index (κ1) is 14.9. The largest absolute Gasteiger partial charge is 0.398 e. The minimum atomic E-state index is 0.0660. The van der Waals surface area contributed by atoms with Crippen LogP contribution >= 0.6 is 0 Å². The molecule has 1 aliphatic rings. The van der Waals surface area contributed by atoms with E-state index < -0.39 is 0 Å². The van der Waals surface area contributed by atoms with Crippen LogP contribution < -0.4 is 11.1 Å². The average Bonchev–Trinajstić information content (AvgIpc) is 2.33. The lowest BCUT2D eigenvalue weighted by molar-refractivity contribution is -0.119. The predicted molar refractivity (Wildman–Crippen MR) is 81.7 cm³/mol. The van der Waals surface area contributed by atoms with Gasteiger partial charge in [-0.15, -0.1) is 0 Å². The second-order valence-electron chi connectivity index (χ2n) is 5.69. The molecule has 4 nitrogen and oxygen atoms in total. The number of nitrogens with two attached hydrogens (primary N) is 1. The number of aryl methyl sites for hydroxylation is 2. The van der Waals surface area contributed by atoms with Gasteiger partial charge in [-0.05, 0) is 56.7 Å². The van der Waals surface area contributed by atoms with Crippen LogP contribution in [-0.2, 0) is 9.53 Å². The first-order valence-corrected chi connectivity index (χ1v) is 7.27. The van der Waals surface area contributed by atoms with E-state index in [2.05, 4.69) is 5.32 Å². The van der Waals surface area contributed by atoms with Crippen molar-refractivity contribution < 1.29 is 9.53 Å². The van der Waals surface area contributed by atoms with E-state index in [-0.39, 0.29) is 5.91 Å². The lowest BCUT2D eigenvalue weighted by Crippen LogP contribution is -2.33. The number of benzene rings is 1. The Hall–Kier alpha value is -1.55. The van der Waals surface area contributed by atoms with Gasteiger partial charge in [-0.3, -0.25) is 4.79 Å². The van der Waals surface area contributed by atoms with Crippen molar-refractivity contribution in [3.63, 3.8) is 0 Å². The summed E-state index contributed by atoms with van der Waals surface area (Å²) in [6, 6.07) is 3.84. The molecule has 0 radical (unpaired) electrons. The second kappa shape index (κ2) is 6.27. The van der Waals surface area contributed by atoms with E-state index in [1.165, 1.54) is 0 Å². The zero-order chi connectivity index (χ0) is 14.7. The van der Waals surface area contributed by atoms with Gasteiger partial charge in [0.25, 0.3) is 0 Å². The van der Waals surface area contributed by atoms with Crippen molar-refractivity contribution in [2.75, 3.05) is 17.7 Å². The molecule has 0 heterocycles. The van der Waals surface area contributed by atoms with Crippen LogP contribution in [0, 0.1) is 19.8 Å². The third-order valence-corrected chi connectivity index (χ3v) is 3.96. The molecular weight excluding hydrogens is 252 g/mol. The highest BCUT2D eigenvalue weighted by atomic mass is 16.5. The molecule has 0 bridgehead atoms. The zero-order valence-electron chi connectivity index (χ0n) is 12.5. The molecule has 0 atom stereocenters. The van der Waals surface area contributed by atoms with E-state index in [0.717, 1.165) is 36.3 Å². The lowest BCUT2D eigenvalue weighted by atomic mass is 9.80. The Kier molecular flexibility index (Phi) is 4.65. The number of carbonyl (C=O) groups excluding carboxylic acids is 1. The van der Waals surface area contributed by atoms with Crippen LogP contribution in [0.3, 0.4) is 0 Å². The summed E-state index contributed by atoms with van der Waals surface area (Å²) in [5.41, 5.74) is 9.51. The lowest BCUT2D eigenvalue weighted by Gasteiger charge is -2.34. The topological polar surface area (TPSA) is 64.3 Å². The van der Waals surface area contributed by atoms with Gasteiger partial charge in [0, 0.05) is 24.4 Å². The number of anilines is 2. The van der Waals surface area contributed by atoms with Crippen LogP contribution in [0.2, 0.25) is 0 Å². The van der Waals surface area contributed by atoms with Crippen LogP contribution in [0.1, 0.15) is 37.3 Å². The fourth-order valence-corrected chi connectivity index (χ4v) is 2.68. The average molecular weight is 276 g/mol. The molecule has 20 heavy (non-hydrogen) atoms. The molecule has 1 aromatic carbocycles.